The Morgan fingerprint density at radius 2 is 1.92 bits per heavy atom. The van der Waals surface area contributed by atoms with E-state index in [-0.39, 0.29) is 22.0 Å². The van der Waals surface area contributed by atoms with Crippen LogP contribution in [0, 0.1) is 5.82 Å². The highest BCUT2D eigenvalue weighted by atomic mass is 32.1. The molecular weight excluding hydrogens is 346 g/mol. The zero-order chi connectivity index (χ0) is 17.5. The number of carbonyl (C=O) groups excluding carboxylic acids is 1. The molecule has 0 N–H and O–H groups in total. The second-order valence-corrected chi connectivity index (χ2v) is 5.95. The van der Waals surface area contributed by atoms with Gasteiger partial charge >= 0.3 is 6.18 Å². The third-order valence-electron chi connectivity index (χ3n) is 3.22. The summed E-state index contributed by atoms with van der Waals surface area (Å²) < 4.78 is 57.7. The van der Waals surface area contributed by atoms with Crippen molar-refractivity contribution in [1.29, 1.82) is 0 Å². The maximum absolute atomic E-state index is 13.7. The van der Waals surface area contributed by atoms with E-state index in [9.17, 15) is 22.4 Å². The van der Waals surface area contributed by atoms with Gasteiger partial charge in [0, 0.05) is 6.07 Å². The van der Waals surface area contributed by atoms with Crippen LogP contribution in [0.2, 0.25) is 0 Å². The van der Waals surface area contributed by atoms with Gasteiger partial charge in [-0.2, -0.15) is 13.2 Å². The van der Waals surface area contributed by atoms with Gasteiger partial charge in [0.25, 0.3) is 5.19 Å². The topological polar surface area (TPSA) is 39.2 Å². The van der Waals surface area contributed by atoms with Crippen molar-refractivity contribution >= 4 is 27.3 Å². The Bertz CT molecular complexity index is 933. The first-order valence-corrected chi connectivity index (χ1v) is 7.52. The van der Waals surface area contributed by atoms with Gasteiger partial charge in [-0.15, -0.1) is 0 Å². The van der Waals surface area contributed by atoms with Crippen LogP contribution < -0.4 is 4.74 Å². The van der Waals surface area contributed by atoms with Gasteiger partial charge < -0.3 is 4.74 Å². The largest absolute Gasteiger partial charge is 0.431 e. The maximum Gasteiger partial charge on any atom is 0.416 e. The third-order valence-corrected chi connectivity index (χ3v) is 4.13. The van der Waals surface area contributed by atoms with E-state index in [0.29, 0.717) is 4.70 Å². The fraction of sp³-hybridized carbons (Fsp3) is 0.125. The molecule has 0 aliphatic heterocycles. The molecule has 0 saturated carbocycles. The first kappa shape index (κ1) is 16.4. The Hall–Kier alpha value is -2.48. The summed E-state index contributed by atoms with van der Waals surface area (Å²) in [6.07, 6.45) is -4.45. The summed E-state index contributed by atoms with van der Waals surface area (Å²) in [7, 11) is 0. The molecule has 1 aromatic heterocycles. The number of halogens is 4. The molecule has 0 bridgehead atoms. The number of Topliss-reactive ketones (excluding diaryl/α,β-unsaturated/α-hetero) is 1. The number of hydrogen-bond acceptors (Lipinski definition) is 4. The number of thiazole rings is 1. The monoisotopic (exact) mass is 355 g/mol. The van der Waals surface area contributed by atoms with Gasteiger partial charge in [-0.05, 0) is 37.3 Å². The SMILES string of the molecule is CC(=O)c1ccc(Oc2nc3cc(C(F)(F)F)ccc3s2)cc1F. The Balaban J connectivity index is 1.90. The van der Waals surface area contributed by atoms with Crippen LogP contribution in [0.15, 0.2) is 36.4 Å². The summed E-state index contributed by atoms with van der Waals surface area (Å²) >= 11 is 1.04. The highest BCUT2D eigenvalue weighted by molar-refractivity contribution is 7.20. The molecule has 24 heavy (non-hydrogen) atoms. The van der Waals surface area contributed by atoms with E-state index in [1.165, 1.54) is 25.1 Å². The standard InChI is InChI=1S/C16H9F4NO2S/c1-8(22)11-4-3-10(7-12(11)17)23-15-21-13-6-9(16(18,19)20)2-5-14(13)24-15/h2-7H,1H3. The number of ether oxygens (including phenoxy) is 1. The van der Waals surface area contributed by atoms with E-state index >= 15 is 0 Å². The molecule has 0 saturated heterocycles. The van der Waals surface area contributed by atoms with Crippen LogP contribution in [0.4, 0.5) is 17.6 Å². The number of nitrogens with zero attached hydrogens (tertiary/aromatic N) is 1. The van der Waals surface area contributed by atoms with Crippen LogP contribution >= 0.6 is 11.3 Å². The van der Waals surface area contributed by atoms with Crippen LogP contribution in [-0.4, -0.2) is 10.8 Å². The van der Waals surface area contributed by atoms with Gasteiger partial charge in [0.2, 0.25) is 0 Å². The first-order valence-electron chi connectivity index (χ1n) is 6.70. The fourth-order valence-electron chi connectivity index (χ4n) is 2.07. The summed E-state index contributed by atoms with van der Waals surface area (Å²) in [4.78, 5) is 15.2. The molecule has 0 unspecified atom stereocenters. The van der Waals surface area contributed by atoms with Crippen molar-refractivity contribution in [3.63, 3.8) is 0 Å². The fourth-order valence-corrected chi connectivity index (χ4v) is 2.89. The van der Waals surface area contributed by atoms with Crippen molar-refractivity contribution in [2.24, 2.45) is 0 Å². The lowest BCUT2D eigenvalue weighted by atomic mass is 10.1. The van der Waals surface area contributed by atoms with E-state index in [2.05, 4.69) is 4.98 Å². The van der Waals surface area contributed by atoms with Crippen LogP contribution in [0.1, 0.15) is 22.8 Å². The number of fused-ring (bicyclic) bond motifs is 1. The molecule has 0 atom stereocenters. The molecule has 2 aromatic carbocycles. The molecule has 0 amide bonds. The average Bonchev–Trinajstić information content (AvgIpc) is 2.87. The number of aromatic nitrogens is 1. The van der Waals surface area contributed by atoms with E-state index < -0.39 is 23.3 Å². The molecule has 3 aromatic rings. The molecule has 0 aliphatic carbocycles. The van der Waals surface area contributed by atoms with Crippen molar-refractivity contribution in [1.82, 2.24) is 4.98 Å². The highest BCUT2D eigenvalue weighted by Crippen LogP contribution is 2.36. The number of rotatable bonds is 3. The normalized spacial score (nSPS) is 11.7. The van der Waals surface area contributed by atoms with Gasteiger partial charge in [0.15, 0.2) is 5.78 Å². The summed E-state index contributed by atoms with van der Waals surface area (Å²) in [5.41, 5.74) is -0.726. The van der Waals surface area contributed by atoms with E-state index in [1.54, 1.807) is 0 Å². The maximum atomic E-state index is 13.7. The van der Waals surface area contributed by atoms with Crippen molar-refractivity contribution in [3.8, 4) is 10.9 Å². The summed E-state index contributed by atoms with van der Waals surface area (Å²) in [5.74, 6) is -1.05. The van der Waals surface area contributed by atoms with Crippen LogP contribution in [0.25, 0.3) is 10.2 Å². The predicted octanol–water partition coefficient (Wildman–Crippen LogP) is 5.45. The Morgan fingerprint density at radius 1 is 1.17 bits per heavy atom. The zero-order valence-electron chi connectivity index (χ0n) is 12.1. The molecule has 0 radical (unpaired) electrons. The molecule has 1 heterocycles. The van der Waals surface area contributed by atoms with Gasteiger partial charge in [-0.25, -0.2) is 9.37 Å². The lowest BCUT2D eigenvalue weighted by molar-refractivity contribution is -0.137. The Kier molecular flexibility index (Phi) is 4.00. The molecule has 0 fully saturated rings. The van der Waals surface area contributed by atoms with E-state index in [0.717, 1.165) is 29.5 Å². The summed E-state index contributed by atoms with van der Waals surface area (Å²) in [6.45, 7) is 1.24. The molecule has 3 nitrogen and oxygen atoms in total. The minimum Gasteiger partial charge on any atom is -0.431 e. The van der Waals surface area contributed by atoms with Crippen molar-refractivity contribution in [2.75, 3.05) is 0 Å². The number of ketones is 1. The second-order valence-electron chi connectivity index (χ2n) is 4.96. The smallest absolute Gasteiger partial charge is 0.416 e. The van der Waals surface area contributed by atoms with Crippen molar-refractivity contribution < 1.29 is 27.1 Å². The molecule has 0 spiro atoms. The Morgan fingerprint density at radius 3 is 2.54 bits per heavy atom. The van der Waals surface area contributed by atoms with Crippen molar-refractivity contribution in [2.45, 2.75) is 13.1 Å². The number of alkyl halides is 3. The molecule has 0 aliphatic rings. The molecule has 8 heteroatoms. The summed E-state index contributed by atoms with van der Waals surface area (Å²) in [5, 5.41) is 0.0827. The lowest BCUT2D eigenvalue weighted by Gasteiger charge is -2.04. The van der Waals surface area contributed by atoms with Gasteiger partial charge in [-0.3, -0.25) is 4.79 Å². The van der Waals surface area contributed by atoms with E-state index in [4.69, 9.17) is 4.74 Å². The summed E-state index contributed by atoms with van der Waals surface area (Å²) in [6, 6.07) is 6.91. The van der Waals surface area contributed by atoms with Gasteiger partial charge in [-0.1, -0.05) is 11.3 Å². The van der Waals surface area contributed by atoms with Gasteiger partial charge in [0.05, 0.1) is 21.3 Å². The minimum atomic E-state index is -4.45. The van der Waals surface area contributed by atoms with Crippen molar-refractivity contribution in [3.05, 3.63) is 53.3 Å². The first-order chi connectivity index (χ1) is 11.2. The van der Waals surface area contributed by atoms with E-state index in [1.807, 2.05) is 0 Å². The third kappa shape index (κ3) is 3.23. The Labute approximate surface area is 137 Å². The quantitative estimate of drug-likeness (QED) is 0.463. The average molecular weight is 355 g/mol. The molecule has 124 valence electrons. The predicted molar refractivity (Wildman–Crippen MR) is 81.1 cm³/mol. The highest BCUT2D eigenvalue weighted by Gasteiger charge is 2.30. The zero-order valence-corrected chi connectivity index (χ0v) is 13.0. The van der Waals surface area contributed by atoms with Gasteiger partial charge in [0.1, 0.15) is 11.6 Å². The molecular formula is C16H9F4NO2S. The number of hydrogen-bond donors (Lipinski definition) is 0. The van der Waals surface area contributed by atoms with Crippen LogP contribution in [0.3, 0.4) is 0 Å². The van der Waals surface area contributed by atoms with Crippen LogP contribution in [0.5, 0.6) is 10.9 Å². The number of benzene rings is 2. The lowest BCUT2D eigenvalue weighted by Crippen LogP contribution is -2.03. The number of carbonyl (C=O) groups is 1. The molecule has 3 rings (SSSR count). The minimum absolute atomic E-state index is 0.0681. The van der Waals surface area contributed by atoms with Crippen LogP contribution in [-0.2, 0) is 6.18 Å². The second kappa shape index (κ2) is 5.86.